The van der Waals surface area contributed by atoms with Gasteiger partial charge in [0.25, 0.3) is 5.91 Å². The van der Waals surface area contributed by atoms with Gasteiger partial charge in [-0.05, 0) is 51.3 Å². The van der Waals surface area contributed by atoms with E-state index in [1.807, 2.05) is 20.8 Å². The minimum absolute atomic E-state index is 0.00578. The van der Waals surface area contributed by atoms with E-state index in [0.29, 0.717) is 37.2 Å². The topological polar surface area (TPSA) is 107 Å². The van der Waals surface area contributed by atoms with E-state index in [4.69, 9.17) is 10.3 Å². The minimum Gasteiger partial charge on any atom is -0.444 e. The Balaban J connectivity index is 1.85. The molecule has 1 saturated heterocycles. The smallest absolute Gasteiger partial charge is 0.407 e. The number of piperidine rings is 1. The Morgan fingerprint density at radius 1 is 1.24 bits per heavy atom. The van der Waals surface area contributed by atoms with E-state index in [2.05, 4.69) is 15.3 Å². The SMILES string of the molecule is CC(C)(C)OC(=O)NC1CCN(C(=O)c2ccc(N=[N+]=[N-])cc2)CC1. The van der Waals surface area contributed by atoms with Crippen LogP contribution in [-0.4, -0.2) is 41.6 Å². The summed E-state index contributed by atoms with van der Waals surface area (Å²) < 4.78 is 5.25. The normalized spacial score (nSPS) is 15.2. The highest BCUT2D eigenvalue weighted by Gasteiger charge is 2.26. The fourth-order valence-corrected chi connectivity index (χ4v) is 2.61. The molecule has 1 aromatic carbocycles. The van der Waals surface area contributed by atoms with Gasteiger partial charge >= 0.3 is 6.09 Å². The number of hydrogen-bond acceptors (Lipinski definition) is 4. The number of azide groups is 1. The van der Waals surface area contributed by atoms with Gasteiger partial charge in [0.05, 0.1) is 0 Å². The lowest BCUT2D eigenvalue weighted by molar-refractivity contribution is 0.0473. The number of rotatable bonds is 3. The molecule has 0 unspecified atom stereocenters. The van der Waals surface area contributed by atoms with Gasteiger partial charge in [0.15, 0.2) is 0 Å². The van der Waals surface area contributed by atoms with E-state index in [9.17, 15) is 9.59 Å². The molecule has 0 saturated carbocycles. The van der Waals surface area contributed by atoms with Gasteiger partial charge in [-0.1, -0.05) is 17.2 Å². The average Bonchev–Trinajstić information content (AvgIpc) is 2.54. The van der Waals surface area contributed by atoms with Crippen LogP contribution in [0.15, 0.2) is 29.4 Å². The average molecular weight is 345 g/mol. The number of benzene rings is 1. The first-order chi connectivity index (χ1) is 11.8. The first-order valence-corrected chi connectivity index (χ1v) is 8.22. The molecule has 8 nitrogen and oxygen atoms in total. The second-order valence-corrected chi connectivity index (χ2v) is 6.95. The zero-order valence-electron chi connectivity index (χ0n) is 14.7. The molecule has 0 aliphatic carbocycles. The van der Waals surface area contributed by atoms with Gasteiger partial charge in [0, 0.05) is 35.3 Å². The van der Waals surface area contributed by atoms with Gasteiger partial charge in [0.2, 0.25) is 0 Å². The van der Waals surface area contributed by atoms with Gasteiger partial charge in [-0.15, -0.1) is 0 Å². The molecule has 0 bridgehead atoms. The Bertz CT molecular complexity index is 667. The summed E-state index contributed by atoms with van der Waals surface area (Å²) in [6.07, 6.45) is 0.940. The number of amides is 2. The second-order valence-electron chi connectivity index (χ2n) is 6.95. The number of hydrogen-bond donors (Lipinski definition) is 1. The highest BCUT2D eigenvalue weighted by atomic mass is 16.6. The van der Waals surface area contributed by atoms with Crippen molar-refractivity contribution in [1.82, 2.24) is 10.2 Å². The van der Waals surface area contributed by atoms with Crippen LogP contribution in [0.4, 0.5) is 10.5 Å². The molecule has 2 amide bonds. The summed E-state index contributed by atoms with van der Waals surface area (Å²) in [7, 11) is 0. The molecule has 0 atom stereocenters. The van der Waals surface area contributed by atoms with Crippen LogP contribution in [0.2, 0.25) is 0 Å². The third kappa shape index (κ3) is 5.69. The van der Waals surface area contributed by atoms with Crippen molar-refractivity contribution in [3.63, 3.8) is 0 Å². The standard InChI is InChI=1S/C17H23N5O3/c1-17(2,3)25-16(24)19-13-8-10-22(11-9-13)15(23)12-4-6-14(7-5-12)20-21-18/h4-7,13H,8-11H2,1-3H3,(H,19,24). The van der Waals surface area contributed by atoms with Crippen molar-refractivity contribution in [2.45, 2.75) is 45.3 Å². The van der Waals surface area contributed by atoms with E-state index in [1.54, 1.807) is 29.2 Å². The number of ether oxygens (including phenoxy) is 1. The summed E-state index contributed by atoms with van der Waals surface area (Å²) in [5.41, 5.74) is 8.89. The Morgan fingerprint density at radius 3 is 2.36 bits per heavy atom. The van der Waals surface area contributed by atoms with E-state index >= 15 is 0 Å². The molecule has 8 heteroatoms. The molecule has 0 radical (unpaired) electrons. The fourth-order valence-electron chi connectivity index (χ4n) is 2.61. The van der Waals surface area contributed by atoms with E-state index in [1.165, 1.54) is 0 Å². The third-order valence-corrected chi connectivity index (χ3v) is 3.78. The van der Waals surface area contributed by atoms with Crippen molar-refractivity contribution in [3.05, 3.63) is 40.3 Å². The number of nitrogens with one attached hydrogen (secondary N) is 1. The maximum absolute atomic E-state index is 12.5. The summed E-state index contributed by atoms with van der Waals surface area (Å²) >= 11 is 0. The first-order valence-electron chi connectivity index (χ1n) is 8.22. The predicted octanol–water partition coefficient (Wildman–Crippen LogP) is 3.76. The molecule has 2 rings (SSSR count). The lowest BCUT2D eigenvalue weighted by Crippen LogP contribution is -2.47. The molecule has 25 heavy (non-hydrogen) atoms. The van der Waals surface area contributed by atoms with Crippen molar-refractivity contribution >= 4 is 17.7 Å². The summed E-state index contributed by atoms with van der Waals surface area (Å²) in [6.45, 7) is 6.60. The van der Waals surface area contributed by atoms with Gasteiger partial charge < -0.3 is 15.0 Å². The maximum atomic E-state index is 12.5. The van der Waals surface area contributed by atoms with Gasteiger partial charge in [-0.2, -0.15) is 0 Å². The largest absolute Gasteiger partial charge is 0.444 e. The van der Waals surface area contributed by atoms with Crippen molar-refractivity contribution in [1.29, 1.82) is 0 Å². The highest BCUT2D eigenvalue weighted by molar-refractivity contribution is 5.94. The molecule has 1 heterocycles. The molecule has 0 aromatic heterocycles. The Hall–Kier alpha value is -2.73. The van der Waals surface area contributed by atoms with Crippen LogP contribution in [0.5, 0.6) is 0 Å². The molecular weight excluding hydrogens is 322 g/mol. The molecule has 1 aromatic rings. The Kier molecular flexibility index (Phi) is 5.88. The van der Waals surface area contributed by atoms with E-state index < -0.39 is 11.7 Å². The minimum atomic E-state index is -0.525. The van der Waals surface area contributed by atoms with Gasteiger partial charge in [-0.3, -0.25) is 4.79 Å². The Labute approximate surface area is 146 Å². The molecule has 1 fully saturated rings. The van der Waals surface area contributed by atoms with Crippen LogP contribution < -0.4 is 5.32 Å². The van der Waals surface area contributed by atoms with Gasteiger partial charge in [0.1, 0.15) is 5.60 Å². The zero-order valence-corrected chi connectivity index (χ0v) is 14.7. The molecule has 1 aliphatic heterocycles. The third-order valence-electron chi connectivity index (χ3n) is 3.78. The summed E-state index contributed by atoms with van der Waals surface area (Å²) in [6, 6.07) is 6.54. The van der Waals surface area contributed by atoms with E-state index in [-0.39, 0.29) is 11.9 Å². The summed E-state index contributed by atoms with van der Waals surface area (Å²) in [5.74, 6) is -0.0665. The van der Waals surface area contributed by atoms with Crippen molar-refractivity contribution in [2.75, 3.05) is 13.1 Å². The van der Waals surface area contributed by atoms with Crippen molar-refractivity contribution < 1.29 is 14.3 Å². The summed E-state index contributed by atoms with van der Waals surface area (Å²) in [5, 5.41) is 6.34. The van der Waals surface area contributed by atoms with Crippen LogP contribution in [0, 0.1) is 0 Å². The van der Waals surface area contributed by atoms with Crippen LogP contribution in [-0.2, 0) is 4.74 Å². The fraction of sp³-hybridized carbons (Fsp3) is 0.529. The second kappa shape index (κ2) is 7.90. The molecular formula is C17H23N5O3. The monoisotopic (exact) mass is 345 g/mol. The van der Waals surface area contributed by atoms with Gasteiger partial charge in [-0.25, -0.2) is 4.79 Å². The van der Waals surface area contributed by atoms with E-state index in [0.717, 1.165) is 0 Å². The van der Waals surface area contributed by atoms with Crippen LogP contribution in [0.3, 0.4) is 0 Å². The number of alkyl carbamates (subject to hydrolysis) is 1. The number of nitrogens with zero attached hydrogens (tertiary/aromatic N) is 4. The van der Waals surface area contributed by atoms with Crippen LogP contribution >= 0.6 is 0 Å². The summed E-state index contributed by atoms with van der Waals surface area (Å²) in [4.78, 5) is 28.8. The maximum Gasteiger partial charge on any atom is 0.407 e. The van der Waals surface area contributed by atoms with Crippen LogP contribution in [0.25, 0.3) is 10.4 Å². The van der Waals surface area contributed by atoms with Crippen molar-refractivity contribution in [2.24, 2.45) is 5.11 Å². The predicted molar refractivity (Wildman–Crippen MR) is 93.5 cm³/mol. The molecule has 134 valence electrons. The lowest BCUT2D eigenvalue weighted by atomic mass is 10.0. The molecule has 0 spiro atoms. The van der Waals surface area contributed by atoms with Crippen LogP contribution in [0.1, 0.15) is 44.0 Å². The number of carbonyl (C=O) groups is 2. The van der Waals surface area contributed by atoms with Crippen molar-refractivity contribution in [3.8, 4) is 0 Å². The highest BCUT2D eigenvalue weighted by Crippen LogP contribution is 2.18. The number of likely N-dealkylation sites (tertiary alicyclic amines) is 1. The quantitative estimate of drug-likeness (QED) is 0.512. The Morgan fingerprint density at radius 2 is 1.84 bits per heavy atom. The zero-order chi connectivity index (χ0) is 18.4. The number of carbonyl (C=O) groups excluding carboxylic acids is 2. The molecule has 1 N–H and O–H groups in total. The lowest BCUT2D eigenvalue weighted by Gasteiger charge is -2.33. The molecule has 1 aliphatic rings. The first kappa shape index (κ1) is 18.6.